The van der Waals surface area contributed by atoms with Gasteiger partial charge in [-0.25, -0.2) is 0 Å². The molecule has 0 aliphatic carbocycles. The molecule has 5 heteroatoms. The summed E-state index contributed by atoms with van der Waals surface area (Å²) in [6, 6.07) is 1.53. The predicted octanol–water partition coefficient (Wildman–Crippen LogP) is 0.922. The Morgan fingerprint density at radius 2 is 2.27 bits per heavy atom. The third kappa shape index (κ3) is 2.56. The average molecular weight is 211 g/mol. The van der Waals surface area contributed by atoms with Crippen LogP contribution in [0.3, 0.4) is 0 Å². The fourth-order valence-corrected chi connectivity index (χ4v) is 1.40. The van der Waals surface area contributed by atoms with Crippen LogP contribution < -0.4 is 11.1 Å². The van der Waals surface area contributed by atoms with E-state index in [0.717, 1.165) is 12.8 Å². The van der Waals surface area contributed by atoms with Crippen LogP contribution in [-0.2, 0) is 0 Å². The number of nitrogens with zero attached hydrogens (tertiary/aromatic N) is 1. The highest BCUT2D eigenvalue weighted by molar-refractivity contribution is 5.91. The Labute approximate surface area is 89.0 Å². The van der Waals surface area contributed by atoms with Crippen LogP contribution in [0.15, 0.2) is 16.8 Å². The fraction of sp³-hybridized carbons (Fsp3) is 0.600. The summed E-state index contributed by atoms with van der Waals surface area (Å²) < 4.78 is 4.77. The molecule has 0 saturated heterocycles. The van der Waals surface area contributed by atoms with Gasteiger partial charge in [0.2, 0.25) is 5.76 Å². The van der Waals surface area contributed by atoms with E-state index in [9.17, 15) is 4.79 Å². The highest BCUT2D eigenvalue weighted by atomic mass is 16.5. The maximum absolute atomic E-state index is 11.7. The molecular weight excluding hydrogens is 194 g/mol. The maximum atomic E-state index is 11.7. The van der Waals surface area contributed by atoms with E-state index in [1.54, 1.807) is 0 Å². The molecule has 0 atom stereocenters. The highest BCUT2D eigenvalue weighted by Gasteiger charge is 2.27. The summed E-state index contributed by atoms with van der Waals surface area (Å²) >= 11 is 0. The SMILES string of the molecule is CCC(CC)(CN)NC(=O)c1ccno1. The highest BCUT2D eigenvalue weighted by Crippen LogP contribution is 2.14. The second kappa shape index (κ2) is 4.93. The number of rotatable bonds is 5. The van der Waals surface area contributed by atoms with Crippen LogP contribution in [0.5, 0.6) is 0 Å². The molecule has 5 nitrogen and oxygen atoms in total. The minimum absolute atomic E-state index is 0.217. The molecular formula is C10H17N3O2. The molecule has 1 amide bonds. The van der Waals surface area contributed by atoms with Crippen LogP contribution in [0.1, 0.15) is 37.2 Å². The van der Waals surface area contributed by atoms with Crippen molar-refractivity contribution in [3.8, 4) is 0 Å². The number of hydrogen-bond donors (Lipinski definition) is 2. The zero-order valence-corrected chi connectivity index (χ0v) is 9.12. The molecule has 84 valence electrons. The molecule has 0 aromatic carbocycles. The Kier molecular flexibility index (Phi) is 3.85. The zero-order valence-electron chi connectivity index (χ0n) is 9.12. The van der Waals surface area contributed by atoms with Crippen molar-refractivity contribution in [1.29, 1.82) is 0 Å². The van der Waals surface area contributed by atoms with Gasteiger partial charge in [-0.05, 0) is 12.8 Å². The average Bonchev–Trinajstić information content (AvgIpc) is 2.79. The molecule has 3 N–H and O–H groups in total. The van der Waals surface area contributed by atoms with Gasteiger partial charge in [-0.15, -0.1) is 0 Å². The maximum Gasteiger partial charge on any atom is 0.290 e. The van der Waals surface area contributed by atoms with Gasteiger partial charge in [0.1, 0.15) is 0 Å². The lowest BCUT2D eigenvalue weighted by Crippen LogP contribution is -2.52. The molecule has 1 aromatic rings. The number of carbonyl (C=O) groups excluding carboxylic acids is 1. The Morgan fingerprint density at radius 1 is 1.60 bits per heavy atom. The third-order valence-electron chi connectivity index (χ3n) is 2.78. The summed E-state index contributed by atoms with van der Waals surface area (Å²) in [5.74, 6) is -0.0450. The van der Waals surface area contributed by atoms with Gasteiger partial charge in [0.25, 0.3) is 5.91 Å². The van der Waals surface area contributed by atoms with E-state index in [1.807, 2.05) is 13.8 Å². The molecule has 1 rings (SSSR count). The topological polar surface area (TPSA) is 81.1 Å². The lowest BCUT2D eigenvalue weighted by Gasteiger charge is -2.30. The quantitative estimate of drug-likeness (QED) is 0.758. The number of nitrogens with one attached hydrogen (secondary N) is 1. The first-order chi connectivity index (χ1) is 7.17. The van der Waals surface area contributed by atoms with Crippen LogP contribution in [0.2, 0.25) is 0 Å². The van der Waals surface area contributed by atoms with E-state index in [4.69, 9.17) is 10.3 Å². The van der Waals surface area contributed by atoms with Crippen molar-refractivity contribution in [3.05, 3.63) is 18.0 Å². The van der Waals surface area contributed by atoms with Crippen molar-refractivity contribution >= 4 is 5.91 Å². The monoisotopic (exact) mass is 211 g/mol. The summed E-state index contributed by atoms with van der Waals surface area (Å²) in [6.07, 6.45) is 3.02. The Balaban J connectivity index is 2.71. The summed E-state index contributed by atoms with van der Waals surface area (Å²) in [4.78, 5) is 11.7. The summed E-state index contributed by atoms with van der Waals surface area (Å²) in [5.41, 5.74) is 5.33. The molecule has 15 heavy (non-hydrogen) atoms. The minimum Gasteiger partial charge on any atom is -0.351 e. The molecule has 1 heterocycles. The molecule has 0 unspecified atom stereocenters. The van der Waals surface area contributed by atoms with E-state index >= 15 is 0 Å². The van der Waals surface area contributed by atoms with Gasteiger partial charge in [-0.2, -0.15) is 0 Å². The van der Waals surface area contributed by atoms with E-state index in [1.165, 1.54) is 12.3 Å². The van der Waals surface area contributed by atoms with Crippen LogP contribution in [0.4, 0.5) is 0 Å². The first kappa shape index (κ1) is 11.7. The largest absolute Gasteiger partial charge is 0.351 e. The molecule has 1 aromatic heterocycles. The van der Waals surface area contributed by atoms with Crippen molar-refractivity contribution in [2.45, 2.75) is 32.2 Å². The Morgan fingerprint density at radius 3 is 2.67 bits per heavy atom. The third-order valence-corrected chi connectivity index (χ3v) is 2.78. The van der Waals surface area contributed by atoms with Gasteiger partial charge in [-0.1, -0.05) is 19.0 Å². The first-order valence-corrected chi connectivity index (χ1v) is 5.10. The molecule has 0 spiro atoms. The van der Waals surface area contributed by atoms with Gasteiger partial charge in [0.05, 0.1) is 11.7 Å². The normalized spacial score (nSPS) is 11.4. The zero-order chi connectivity index (χ0) is 11.3. The van der Waals surface area contributed by atoms with Crippen LogP contribution in [-0.4, -0.2) is 23.1 Å². The van der Waals surface area contributed by atoms with Crippen LogP contribution >= 0.6 is 0 Å². The van der Waals surface area contributed by atoms with Crippen molar-refractivity contribution in [1.82, 2.24) is 10.5 Å². The number of carbonyl (C=O) groups is 1. The van der Waals surface area contributed by atoms with E-state index in [-0.39, 0.29) is 17.2 Å². The lowest BCUT2D eigenvalue weighted by molar-refractivity contribution is 0.0857. The molecule has 0 saturated carbocycles. The second-order valence-corrected chi connectivity index (χ2v) is 3.52. The van der Waals surface area contributed by atoms with Crippen molar-refractivity contribution < 1.29 is 9.32 Å². The van der Waals surface area contributed by atoms with Gasteiger partial charge >= 0.3 is 0 Å². The Hall–Kier alpha value is -1.36. The van der Waals surface area contributed by atoms with Gasteiger partial charge in [0, 0.05) is 12.6 Å². The fourth-order valence-electron chi connectivity index (χ4n) is 1.40. The molecule has 0 aliphatic heterocycles. The minimum atomic E-state index is -0.343. The van der Waals surface area contributed by atoms with Gasteiger partial charge in [0.15, 0.2) is 0 Å². The van der Waals surface area contributed by atoms with Gasteiger partial charge in [-0.3, -0.25) is 4.79 Å². The van der Waals surface area contributed by atoms with Crippen molar-refractivity contribution in [2.75, 3.05) is 6.54 Å². The number of nitrogens with two attached hydrogens (primary N) is 1. The number of aromatic nitrogens is 1. The smallest absolute Gasteiger partial charge is 0.290 e. The van der Waals surface area contributed by atoms with E-state index < -0.39 is 0 Å². The Bertz CT molecular complexity index is 296. The predicted molar refractivity (Wildman–Crippen MR) is 56.3 cm³/mol. The molecule has 0 aliphatic rings. The molecule has 0 fully saturated rings. The lowest BCUT2D eigenvalue weighted by atomic mass is 9.93. The summed E-state index contributed by atoms with van der Waals surface area (Å²) in [6.45, 7) is 4.41. The molecule has 0 radical (unpaired) electrons. The molecule has 0 bridgehead atoms. The van der Waals surface area contributed by atoms with Crippen LogP contribution in [0.25, 0.3) is 0 Å². The van der Waals surface area contributed by atoms with Crippen molar-refractivity contribution in [3.63, 3.8) is 0 Å². The van der Waals surface area contributed by atoms with Crippen molar-refractivity contribution in [2.24, 2.45) is 5.73 Å². The second-order valence-electron chi connectivity index (χ2n) is 3.52. The number of hydrogen-bond acceptors (Lipinski definition) is 4. The summed E-state index contributed by atoms with van der Waals surface area (Å²) in [7, 11) is 0. The standard InChI is InChI=1S/C10H17N3O2/c1-3-10(4-2,7-11)13-9(14)8-5-6-12-15-8/h5-6H,3-4,7,11H2,1-2H3,(H,13,14). The summed E-state index contributed by atoms with van der Waals surface area (Å²) in [5, 5.41) is 6.37. The van der Waals surface area contributed by atoms with E-state index in [0.29, 0.717) is 6.54 Å². The van der Waals surface area contributed by atoms with Crippen LogP contribution in [0, 0.1) is 0 Å². The van der Waals surface area contributed by atoms with Gasteiger partial charge < -0.3 is 15.6 Å². The van der Waals surface area contributed by atoms with E-state index in [2.05, 4.69) is 10.5 Å². The first-order valence-electron chi connectivity index (χ1n) is 5.10. The number of amides is 1.